The summed E-state index contributed by atoms with van der Waals surface area (Å²) in [7, 11) is 0. The lowest BCUT2D eigenvalue weighted by Gasteiger charge is -2.12. The van der Waals surface area contributed by atoms with Crippen molar-refractivity contribution < 1.29 is 9.66 Å². The van der Waals surface area contributed by atoms with Gasteiger partial charge in [0.15, 0.2) is 0 Å². The minimum atomic E-state index is -0.508. The Bertz CT molecular complexity index is 668. The molecule has 6 nitrogen and oxygen atoms in total. The number of pyridine rings is 1. The van der Waals surface area contributed by atoms with Crippen molar-refractivity contribution in [2.24, 2.45) is 0 Å². The fraction of sp³-hybridized carbons (Fsp3) is 0.214. The Morgan fingerprint density at radius 3 is 3.05 bits per heavy atom. The Morgan fingerprint density at radius 2 is 2.29 bits per heavy atom. The largest absolute Gasteiger partial charge is 0.488 e. The van der Waals surface area contributed by atoms with Gasteiger partial charge in [-0.25, -0.2) is 4.98 Å². The number of anilines is 1. The lowest BCUT2D eigenvalue weighted by Crippen LogP contribution is -2.24. The van der Waals surface area contributed by atoms with Crippen LogP contribution in [-0.4, -0.2) is 22.6 Å². The van der Waals surface area contributed by atoms with Crippen molar-refractivity contribution in [1.82, 2.24) is 4.98 Å². The zero-order valence-electron chi connectivity index (χ0n) is 11.0. The van der Waals surface area contributed by atoms with Gasteiger partial charge in [0.05, 0.1) is 16.5 Å². The Morgan fingerprint density at radius 1 is 1.48 bits per heavy atom. The lowest BCUT2D eigenvalue weighted by atomic mass is 10.1. The Labute approximate surface area is 125 Å². The van der Waals surface area contributed by atoms with Crippen molar-refractivity contribution >= 4 is 23.1 Å². The van der Waals surface area contributed by atoms with Crippen LogP contribution in [0.4, 0.5) is 11.5 Å². The van der Waals surface area contributed by atoms with Crippen molar-refractivity contribution in [3.05, 3.63) is 57.2 Å². The zero-order valence-corrected chi connectivity index (χ0v) is 11.7. The van der Waals surface area contributed by atoms with Gasteiger partial charge in [0, 0.05) is 18.7 Å². The molecular formula is C14H12ClN3O3. The van der Waals surface area contributed by atoms with Gasteiger partial charge in [-0.15, -0.1) is 0 Å². The monoisotopic (exact) mass is 305 g/mol. The van der Waals surface area contributed by atoms with Crippen LogP contribution in [0.25, 0.3) is 0 Å². The number of nitrogens with zero attached hydrogens (tertiary/aromatic N) is 2. The van der Waals surface area contributed by atoms with Crippen molar-refractivity contribution in [3.63, 3.8) is 0 Å². The molecule has 108 valence electrons. The second kappa shape index (κ2) is 5.57. The number of para-hydroxylation sites is 1. The van der Waals surface area contributed by atoms with Crippen LogP contribution < -0.4 is 10.1 Å². The molecule has 1 atom stereocenters. The third-order valence-electron chi connectivity index (χ3n) is 3.24. The van der Waals surface area contributed by atoms with Crippen LogP contribution in [0.1, 0.15) is 5.56 Å². The van der Waals surface area contributed by atoms with Crippen molar-refractivity contribution in [1.29, 1.82) is 0 Å². The van der Waals surface area contributed by atoms with Crippen LogP contribution in [0, 0.1) is 10.1 Å². The van der Waals surface area contributed by atoms with E-state index in [1.807, 2.05) is 24.3 Å². The number of nitrogens with one attached hydrogen (secondary N) is 1. The quantitative estimate of drug-likeness (QED) is 0.694. The highest BCUT2D eigenvalue weighted by Gasteiger charge is 2.23. The van der Waals surface area contributed by atoms with Crippen LogP contribution >= 0.6 is 11.6 Å². The summed E-state index contributed by atoms with van der Waals surface area (Å²) in [6, 6.07) is 9.08. The SMILES string of the molecule is O=[N+]([O-])c1cc(Cl)cnc1NCC1Cc2ccccc2O1. The van der Waals surface area contributed by atoms with E-state index in [0.717, 1.165) is 17.7 Å². The van der Waals surface area contributed by atoms with E-state index in [4.69, 9.17) is 16.3 Å². The number of halogens is 1. The summed E-state index contributed by atoms with van der Waals surface area (Å²) >= 11 is 5.73. The van der Waals surface area contributed by atoms with E-state index in [0.29, 0.717) is 6.54 Å². The summed E-state index contributed by atoms with van der Waals surface area (Å²) < 4.78 is 5.77. The summed E-state index contributed by atoms with van der Waals surface area (Å²) in [6.45, 7) is 0.435. The molecular weight excluding hydrogens is 294 g/mol. The molecule has 0 spiro atoms. The molecule has 0 aliphatic carbocycles. The summed E-state index contributed by atoms with van der Waals surface area (Å²) in [5.41, 5.74) is 1.00. The molecule has 0 amide bonds. The van der Waals surface area contributed by atoms with Gasteiger partial charge < -0.3 is 10.1 Å². The molecule has 1 N–H and O–H groups in total. The molecule has 1 aliphatic heterocycles. The first kappa shape index (κ1) is 13.6. The van der Waals surface area contributed by atoms with Crippen molar-refractivity contribution in [2.45, 2.75) is 12.5 Å². The number of hydrogen-bond donors (Lipinski definition) is 1. The molecule has 1 aliphatic rings. The van der Waals surface area contributed by atoms with E-state index < -0.39 is 4.92 Å². The molecule has 21 heavy (non-hydrogen) atoms. The van der Waals surface area contributed by atoms with Crippen molar-refractivity contribution in [2.75, 3.05) is 11.9 Å². The van der Waals surface area contributed by atoms with E-state index in [1.54, 1.807) is 0 Å². The highest BCUT2D eigenvalue weighted by atomic mass is 35.5. The average Bonchev–Trinajstić information content (AvgIpc) is 2.88. The third-order valence-corrected chi connectivity index (χ3v) is 3.45. The predicted molar refractivity (Wildman–Crippen MR) is 79.0 cm³/mol. The van der Waals surface area contributed by atoms with Crippen LogP contribution in [0.2, 0.25) is 5.02 Å². The van der Waals surface area contributed by atoms with E-state index in [1.165, 1.54) is 12.3 Å². The number of ether oxygens (including phenoxy) is 1. The van der Waals surface area contributed by atoms with Gasteiger partial charge in [0.1, 0.15) is 11.9 Å². The maximum absolute atomic E-state index is 11.0. The van der Waals surface area contributed by atoms with Gasteiger partial charge in [0.2, 0.25) is 5.82 Å². The minimum absolute atomic E-state index is 0.0699. The number of aromatic nitrogens is 1. The lowest BCUT2D eigenvalue weighted by molar-refractivity contribution is -0.384. The zero-order chi connectivity index (χ0) is 14.8. The second-order valence-electron chi connectivity index (χ2n) is 4.71. The van der Waals surface area contributed by atoms with Gasteiger partial charge in [-0.2, -0.15) is 0 Å². The fourth-order valence-electron chi connectivity index (χ4n) is 2.28. The number of nitro groups is 1. The number of benzene rings is 1. The summed E-state index contributed by atoms with van der Waals surface area (Å²) in [5, 5.41) is 14.2. The molecule has 1 aromatic heterocycles. The number of rotatable bonds is 4. The molecule has 2 heterocycles. The van der Waals surface area contributed by atoms with E-state index in [2.05, 4.69) is 10.3 Å². The maximum atomic E-state index is 11.0. The Balaban J connectivity index is 1.68. The minimum Gasteiger partial charge on any atom is -0.488 e. The van der Waals surface area contributed by atoms with E-state index >= 15 is 0 Å². The molecule has 0 saturated heterocycles. The smallest absolute Gasteiger partial charge is 0.312 e. The fourth-order valence-corrected chi connectivity index (χ4v) is 2.43. The first-order valence-corrected chi connectivity index (χ1v) is 6.79. The van der Waals surface area contributed by atoms with Gasteiger partial charge in [-0.05, 0) is 11.6 Å². The van der Waals surface area contributed by atoms with Gasteiger partial charge >= 0.3 is 5.69 Å². The van der Waals surface area contributed by atoms with Gasteiger partial charge in [-0.1, -0.05) is 29.8 Å². The molecule has 3 rings (SSSR count). The highest BCUT2D eigenvalue weighted by molar-refractivity contribution is 6.30. The molecule has 0 fully saturated rings. The molecule has 1 unspecified atom stereocenters. The normalized spacial score (nSPS) is 16.1. The van der Waals surface area contributed by atoms with E-state index in [9.17, 15) is 10.1 Å². The van der Waals surface area contributed by atoms with E-state index in [-0.39, 0.29) is 22.6 Å². The maximum Gasteiger partial charge on any atom is 0.312 e. The predicted octanol–water partition coefficient (Wildman–Crippen LogP) is 3.06. The highest BCUT2D eigenvalue weighted by Crippen LogP contribution is 2.29. The Kier molecular flexibility index (Phi) is 3.62. The van der Waals surface area contributed by atoms with Crippen LogP contribution in [0.3, 0.4) is 0 Å². The standard InChI is InChI=1S/C14H12ClN3O3/c15-10-6-12(18(19)20)14(16-7-10)17-8-11-5-9-3-1-2-4-13(9)21-11/h1-4,6-7,11H,5,8H2,(H,16,17). The first-order valence-electron chi connectivity index (χ1n) is 6.42. The molecule has 1 aromatic carbocycles. The number of hydrogen-bond acceptors (Lipinski definition) is 5. The Hall–Kier alpha value is -2.34. The molecule has 7 heteroatoms. The van der Waals surface area contributed by atoms with Gasteiger partial charge in [-0.3, -0.25) is 10.1 Å². The summed E-state index contributed by atoms with van der Waals surface area (Å²) in [6.07, 6.45) is 2.07. The molecule has 0 bridgehead atoms. The summed E-state index contributed by atoms with van der Waals surface area (Å²) in [4.78, 5) is 14.4. The molecule has 0 saturated carbocycles. The number of fused-ring (bicyclic) bond motifs is 1. The van der Waals surface area contributed by atoms with Crippen LogP contribution in [0.15, 0.2) is 36.5 Å². The van der Waals surface area contributed by atoms with Crippen molar-refractivity contribution in [3.8, 4) is 5.75 Å². The third kappa shape index (κ3) is 2.90. The van der Waals surface area contributed by atoms with Crippen LogP contribution in [-0.2, 0) is 6.42 Å². The average molecular weight is 306 g/mol. The summed E-state index contributed by atoms with van der Waals surface area (Å²) in [5.74, 6) is 1.06. The topological polar surface area (TPSA) is 77.3 Å². The molecule has 2 aromatic rings. The van der Waals surface area contributed by atoms with Gasteiger partial charge in [0.25, 0.3) is 0 Å². The first-order chi connectivity index (χ1) is 10.1. The molecule has 0 radical (unpaired) electrons. The second-order valence-corrected chi connectivity index (χ2v) is 5.15. The van der Waals surface area contributed by atoms with Crippen LogP contribution in [0.5, 0.6) is 5.75 Å².